The van der Waals surface area contributed by atoms with E-state index in [1.807, 2.05) is 6.92 Å². The van der Waals surface area contributed by atoms with Crippen molar-refractivity contribution in [2.24, 2.45) is 5.10 Å². The number of rotatable bonds is 3. The van der Waals surface area contributed by atoms with Crippen LogP contribution in [0.25, 0.3) is 0 Å². The van der Waals surface area contributed by atoms with E-state index >= 15 is 0 Å². The second-order valence-electron chi connectivity index (χ2n) is 3.23. The summed E-state index contributed by atoms with van der Waals surface area (Å²) in [5, 5.41) is 3.79. The van der Waals surface area contributed by atoms with Crippen LogP contribution in [0.2, 0.25) is 0 Å². The van der Waals surface area contributed by atoms with Crippen molar-refractivity contribution in [3.8, 4) is 0 Å². The molecule has 0 aliphatic heterocycles. The molecule has 0 bridgehead atoms. The molecule has 0 fully saturated rings. The van der Waals surface area contributed by atoms with Gasteiger partial charge in [0.15, 0.2) is 0 Å². The lowest BCUT2D eigenvalue weighted by Crippen LogP contribution is -2.36. The normalized spacial score (nSPS) is 10.9. The fourth-order valence-electron chi connectivity index (χ4n) is 1.01. The highest BCUT2D eigenvalue weighted by atomic mass is 16.2. The van der Waals surface area contributed by atoms with Crippen LogP contribution in [0.5, 0.6) is 0 Å². The molecule has 0 saturated carbocycles. The number of aryl methyl sites for hydroxylation is 1. The van der Waals surface area contributed by atoms with Crippen molar-refractivity contribution in [1.82, 2.24) is 14.1 Å². The molecular weight excluding hydrogens is 196 g/mol. The molecule has 0 radical (unpaired) electrons. The largest absolute Gasteiger partial charge is 0.367 e. The summed E-state index contributed by atoms with van der Waals surface area (Å²) in [5.41, 5.74) is -0.856. The second-order valence-corrected chi connectivity index (χ2v) is 3.23. The van der Waals surface area contributed by atoms with Crippen molar-refractivity contribution in [2.45, 2.75) is 13.5 Å². The van der Waals surface area contributed by atoms with Gasteiger partial charge in [-0.05, 0) is 6.92 Å². The monoisotopic (exact) mass is 210 g/mol. The van der Waals surface area contributed by atoms with Gasteiger partial charge in [0.25, 0.3) is 5.56 Å². The Morgan fingerprint density at radius 1 is 1.47 bits per heavy atom. The third-order valence-corrected chi connectivity index (χ3v) is 1.77. The minimum absolute atomic E-state index is 0.428. The Morgan fingerprint density at radius 3 is 2.67 bits per heavy atom. The minimum atomic E-state index is -0.428. The first kappa shape index (κ1) is 11.2. The fourth-order valence-corrected chi connectivity index (χ4v) is 1.01. The maximum atomic E-state index is 11.6. The van der Waals surface area contributed by atoms with Gasteiger partial charge < -0.3 is 4.90 Å². The van der Waals surface area contributed by atoms with E-state index in [4.69, 9.17) is 0 Å². The molecule has 0 unspecified atom stereocenters. The van der Waals surface area contributed by atoms with Crippen LogP contribution in [-0.4, -0.2) is 34.6 Å². The van der Waals surface area contributed by atoms with E-state index in [1.165, 1.54) is 23.2 Å². The molecule has 0 N–H and O–H groups in total. The highest BCUT2D eigenvalue weighted by Gasteiger charge is 2.01. The molecule has 0 aromatic carbocycles. The highest BCUT2D eigenvalue weighted by Crippen LogP contribution is 1.77. The van der Waals surface area contributed by atoms with Gasteiger partial charge in [-0.1, -0.05) is 0 Å². The van der Waals surface area contributed by atoms with Gasteiger partial charge in [-0.15, -0.1) is 4.68 Å². The first-order valence-corrected chi connectivity index (χ1v) is 4.59. The number of hydrogen-bond acceptors (Lipinski definition) is 3. The first-order valence-electron chi connectivity index (χ1n) is 4.59. The molecule has 0 aliphatic carbocycles. The van der Waals surface area contributed by atoms with E-state index < -0.39 is 11.2 Å². The van der Waals surface area contributed by atoms with Gasteiger partial charge in [-0.3, -0.25) is 9.36 Å². The molecule has 6 nitrogen and oxygen atoms in total. The molecule has 1 heterocycles. The third kappa shape index (κ3) is 2.55. The SMILES string of the molecule is CCn1ccc(=O)n(N=CN(C)C)c1=O. The van der Waals surface area contributed by atoms with Crippen molar-refractivity contribution in [2.75, 3.05) is 14.1 Å². The molecule has 6 heteroatoms. The highest BCUT2D eigenvalue weighted by molar-refractivity contribution is 5.53. The van der Waals surface area contributed by atoms with Gasteiger partial charge in [0.05, 0.1) is 0 Å². The lowest BCUT2D eigenvalue weighted by molar-refractivity contribution is 0.596. The molecule has 0 atom stereocenters. The predicted octanol–water partition coefficient (Wildman–Crippen LogP) is -0.617. The molecule has 0 saturated heterocycles. The van der Waals surface area contributed by atoms with Crippen molar-refractivity contribution in [3.05, 3.63) is 33.1 Å². The Hall–Kier alpha value is -1.85. The smallest absolute Gasteiger partial charge is 0.352 e. The van der Waals surface area contributed by atoms with Gasteiger partial charge in [0.1, 0.15) is 6.34 Å². The first-order chi connectivity index (χ1) is 7.06. The van der Waals surface area contributed by atoms with Crippen LogP contribution in [0.3, 0.4) is 0 Å². The minimum Gasteiger partial charge on any atom is -0.367 e. The molecule has 0 amide bonds. The van der Waals surface area contributed by atoms with E-state index in [-0.39, 0.29) is 0 Å². The lowest BCUT2D eigenvalue weighted by Gasteiger charge is -2.05. The lowest BCUT2D eigenvalue weighted by atomic mass is 10.6. The second kappa shape index (κ2) is 4.59. The maximum absolute atomic E-state index is 11.6. The summed E-state index contributed by atoms with van der Waals surface area (Å²) in [6.07, 6.45) is 2.87. The standard InChI is InChI=1S/C9H14N4O2/c1-4-12-6-5-8(14)13(9(12)15)10-7-11(2)3/h5-7H,4H2,1-3H3. The zero-order chi connectivity index (χ0) is 11.4. The van der Waals surface area contributed by atoms with Crippen LogP contribution < -0.4 is 11.2 Å². The zero-order valence-electron chi connectivity index (χ0n) is 9.04. The van der Waals surface area contributed by atoms with E-state index in [9.17, 15) is 9.59 Å². The van der Waals surface area contributed by atoms with Gasteiger partial charge in [0.2, 0.25) is 0 Å². The molecule has 1 rings (SSSR count). The fraction of sp³-hybridized carbons (Fsp3) is 0.444. The average molecular weight is 210 g/mol. The molecule has 0 aliphatic rings. The van der Waals surface area contributed by atoms with Crippen LogP contribution in [0.4, 0.5) is 0 Å². The number of nitrogens with zero attached hydrogens (tertiary/aromatic N) is 4. The Kier molecular flexibility index (Phi) is 3.43. The molecule has 0 spiro atoms. The molecule has 1 aromatic rings. The quantitative estimate of drug-likeness (QED) is 0.493. The van der Waals surface area contributed by atoms with Crippen molar-refractivity contribution < 1.29 is 0 Å². The molecular formula is C9H14N4O2. The van der Waals surface area contributed by atoms with Crippen molar-refractivity contribution in [3.63, 3.8) is 0 Å². The summed E-state index contributed by atoms with van der Waals surface area (Å²) < 4.78 is 2.25. The van der Waals surface area contributed by atoms with E-state index in [1.54, 1.807) is 19.0 Å². The number of aromatic nitrogens is 2. The van der Waals surface area contributed by atoms with E-state index in [2.05, 4.69) is 5.10 Å². The van der Waals surface area contributed by atoms with Crippen LogP contribution in [0.15, 0.2) is 27.0 Å². The van der Waals surface area contributed by atoms with Crippen LogP contribution in [0, 0.1) is 0 Å². The maximum Gasteiger partial charge on any atom is 0.352 e. The Labute approximate surface area is 87.1 Å². The van der Waals surface area contributed by atoms with Crippen LogP contribution in [0.1, 0.15) is 6.92 Å². The Bertz CT molecular complexity index is 470. The van der Waals surface area contributed by atoms with Gasteiger partial charge >= 0.3 is 5.69 Å². The summed E-state index contributed by atoms with van der Waals surface area (Å²) in [6.45, 7) is 2.34. The predicted molar refractivity (Wildman–Crippen MR) is 58.2 cm³/mol. The molecule has 1 aromatic heterocycles. The number of hydrogen-bond donors (Lipinski definition) is 0. The topological polar surface area (TPSA) is 59.6 Å². The Balaban J connectivity index is 3.28. The van der Waals surface area contributed by atoms with Gasteiger partial charge in [-0.2, -0.15) is 5.10 Å². The summed E-state index contributed by atoms with van der Waals surface area (Å²) >= 11 is 0. The molecule has 15 heavy (non-hydrogen) atoms. The molecule has 82 valence electrons. The Morgan fingerprint density at radius 2 is 2.13 bits per heavy atom. The summed E-state index contributed by atoms with van der Waals surface area (Å²) in [6, 6.07) is 1.32. The average Bonchev–Trinajstić information content (AvgIpc) is 2.17. The van der Waals surface area contributed by atoms with Crippen LogP contribution >= 0.6 is 0 Å². The van der Waals surface area contributed by atoms with E-state index in [0.29, 0.717) is 6.54 Å². The van der Waals surface area contributed by atoms with Crippen molar-refractivity contribution in [1.29, 1.82) is 0 Å². The van der Waals surface area contributed by atoms with Gasteiger partial charge in [0, 0.05) is 32.9 Å². The van der Waals surface area contributed by atoms with E-state index in [0.717, 1.165) is 4.68 Å². The third-order valence-electron chi connectivity index (χ3n) is 1.77. The summed E-state index contributed by atoms with van der Waals surface area (Å²) in [7, 11) is 3.52. The summed E-state index contributed by atoms with van der Waals surface area (Å²) in [5.74, 6) is 0. The van der Waals surface area contributed by atoms with Gasteiger partial charge in [-0.25, -0.2) is 4.79 Å². The zero-order valence-corrected chi connectivity index (χ0v) is 9.04. The van der Waals surface area contributed by atoms with Crippen LogP contribution in [-0.2, 0) is 6.54 Å². The summed E-state index contributed by atoms with van der Waals surface area (Å²) in [4.78, 5) is 24.6. The van der Waals surface area contributed by atoms with Crippen molar-refractivity contribution >= 4 is 6.34 Å².